The normalized spacial score (nSPS) is 23.2. The lowest BCUT2D eigenvalue weighted by atomic mass is 10.0. The molecule has 1 aromatic rings. The van der Waals surface area contributed by atoms with Crippen LogP contribution in [0.5, 0.6) is 0 Å². The Labute approximate surface area is 103 Å². The Morgan fingerprint density at radius 2 is 2.06 bits per heavy atom. The SMILES string of the molecule is CC[C@H]1OC(N)=N[C@H]1CCCc1ccccc1. The number of hydrogen-bond acceptors (Lipinski definition) is 3. The number of aryl methyl sites for hydroxylation is 1. The molecule has 1 aliphatic rings. The van der Waals surface area contributed by atoms with Gasteiger partial charge in [-0.15, -0.1) is 0 Å². The third-order valence-electron chi connectivity index (χ3n) is 3.20. The fraction of sp³-hybridized carbons (Fsp3) is 0.500. The van der Waals surface area contributed by atoms with Crippen molar-refractivity contribution < 1.29 is 4.74 Å². The Morgan fingerprint density at radius 1 is 1.29 bits per heavy atom. The van der Waals surface area contributed by atoms with Gasteiger partial charge in [-0.05, 0) is 31.2 Å². The molecule has 0 aliphatic carbocycles. The number of nitrogens with zero attached hydrogens (tertiary/aromatic N) is 1. The van der Waals surface area contributed by atoms with E-state index in [4.69, 9.17) is 10.5 Å². The predicted octanol–water partition coefficient (Wildman–Crippen LogP) is 2.50. The first-order valence-electron chi connectivity index (χ1n) is 6.33. The molecular weight excluding hydrogens is 212 g/mol. The van der Waals surface area contributed by atoms with Crippen LogP contribution in [0.4, 0.5) is 0 Å². The summed E-state index contributed by atoms with van der Waals surface area (Å²) in [6.07, 6.45) is 4.44. The average Bonchev–Trinajstić information content (AvgIpc) is 2.71. The van der Waals surface area contributed by atoms with Gasteiger partial charge in [0.05, 0.1) is 6.04 Å². The molecule has 0 fully saturated rings. The highest BCUT2D eigenvalue weighted by molar-refractivity contribution is 5.73. The van der Waals surface area contributed by atoms with Gasteiger partial charge in [0.2, 0.25) is 0 Å². The summed E-state index contributed by atoms with van der Waals surface area (Å²) in [7, 11) is 0. The highest BCUT2D eigenvalue weighted by atomic mass is 16.5. The average molecular weight is 232 g/mol. The minimum absolute atomic E-state index is 0.186. The quantitative estimate of drug-likeness (QED) is 0.848. The van der Waals surface area contributed by atoms with Gasteiger partial charge in [0, 0.05) is 0 Å². The van der Waals surface area contributed by atoms with Gasteiger partial charge in [0.1, 0.15) is 6.10 Å². The Bertz CT molecular complexity index is 375. The molecule has 17 heavy (non-hydrogen) atoms. The largest absolute Gasteiger partial charge is 0.460 e. The first-order valence-corrected chi connectivity index (χ1v) is 6.33. The van der Waals surface area contributed by atoms with Crippen LogP contribution in [-0.2, 0) is 11.2 Å². The Hall–Kier alpha value is -1.51. The molecule has 3 heteroatoms. The first kappa shape index (κ1) is 12.0. The zero-order valence-corrected chi connectivity index (χ0v) is 10.3. The monoisotopic (exact) mass is 232 g/mol. The summed E-state index contributed by atoms with van der Waals surface area (Å²) in [5.74, 6) is 0. The second-order valence-electron chi connectivity index (χ2n) is 4.48. The first-order chi connectivity index (χ1) is 8.29. The second-order valence-corrected chi connectivity index (χ2v) is 4.48. The van der Waals surface area contributed by atoms with Crippen LogP contribution in [0.3, 0.4) is 0 Å². The van der Waals surface area contributed by atoms with E-state index in [1.807, 2.05) is 6.07 Å². The molecule has 0 unspecified atom stereocenters. The molecule has 2 atom stereocenters. The van der Waals surface area contributed by atoms with Crippen LogP contribution in [0.2, 0.25) is 0 Å². The third kappa shape index (κ3) is 3.22. The predicted molar refractivity (Wildman–Crippen MR) is 70.0 cm³/mol. The van der Waals surface area contributed by atoms with E-state index < -0.39 is 0 Å². The number of benzene rings is 1. The molecule has 3 nitrogen and oxygen atoms in total. The van der Waals surface area contributed by atoms with Crippen molar-refractivity contribution in [2.45, 2.75) is 44.8 Å². The molecule has 2 N–H and O–H groups in total. The molecule has 0 amide bonds. The maximum Gasteiger partial charge on any atom is 0.282 e. The Kier molecular flexibility index (Phi) is 4.02. The van der Waals surface area contributed by atoms with E-state index in [1.54, 1.807) is 0 Å². The summed E-state index contributed by atoms with van der Waals surface area (Å²) in [6, 6.07) is 11.2. The van der Waals surface area contributed by atoms with Gasteiger partial charge < -0.3 is 10.5 Å². The lowest BCUT2D eigenvalue weighted by Crippen LogP contribution is -2.23. The molecule has 0 saturated carbocycles. The number of aliphatic imine (C=N–C) groups is 1. The van der Waals surface area contributed by atoms with Crippen molar-refractivity contribution in [1.29, 1.82) is 0 Å². The minimum Gasteiger partial charge on any atom is -0.460 e. The van der Waals surface area contributed by atoms with Crippen LogP contribution in [-0.4, -0.2) is 18.2 Å². The topological polar surface area (TPSA) is 47.6 Å². The summed E-state index contributed by atoms with van der Waals surface area (Å²) in [5.41, 5.74) is 6.99. The summed E-state index contributed by atoms with van der Waals surface area (Å²) < 4.78 is 5.45. The summed E-state index contributed by atoms with van der Waals surface area (Å²) in [5, 5.41) is 0. The van der Waals surface area contributed by atoms with E-state index in [2.05, 4.69) is 36.2 Å². The Balaban J connectivity index is 1.79. The summed E-state index contributed by atoms with van der Waals surface area (Å²) in [6.45, 7) is 2.11. The van der Waals surface area contributed by atoms with Crippen LogP contribution >= 0.6 is 0 Å². The molecule has 0 radical (unpaired) electrons. The zero-order chi connectivity index (χ0) is 12.1. The second kappa shape index (κ2) is 5.71. The molecule has 1 aromatic carbocycles. The molecule has 2 rings (SSSR count). The fourth-order valence-electron chi connectivity index (χ4n) is 2.28. The van der Waals surface area contributed by atoms with Gasteiger partial charge >= 0.3 is 0 Å². The molecule has 1 heterocycles. The van der Waals surface area contributed by atoms with Crippen LogP contribution in [0.1, 0.15) is 31.7 Å². The van der Waals surface area contributed by atoms with E-state index in [0.29, 0.717) is 6.02 Å². The van der Waals surface area contributed by atoms with Crippen LogP contribution in [0.25, 0.3) is 0 Å². The van der Waals surface area contributed by atoms with Gasteiger partial charge in [-0.2, -0.15) is 0 Å². The van der Waals surface area contributed by atoms with Gasteiger partial charge in [-0.3, -0.25) is 0 Å². The maximum atomic E-state index is 5.60. The van der Waals surface area contributed by atoms with Gasteiger partial charge in [-0.25, -0.2) is 4.99 Å². The van der Waals surface area contributed by atoms with Crippen LogP contribution in [0.15, 0.2) is 35.3 Å². The Morgan fingerprint density at radius 3 is 2.76 bits per heavy atom. The summed E-state index contributed by atoms with van der Waals surface area (Å²) >= 11 is 0. The highest BCUT2D eigenvalue weighted by Crippen LogP contribution is 2.20. The van der Waals surface area contributed by atoms with Gasteiger partial charge in [0.25, 0.3) is 6.02 Å². The lowest BCUT2D eigenvalue weighted by molar-refractivity contribution is 0.179. The maximum absolute atomic E-state index is 5.60. The van der Waals surface area contributed by atoms with Crippen molar-refractivity contribution in [3.8, 4) is 0 Å². The summed E-state index contributed by atoms with van der Waals surface area (Å²) in [4.78, 5) is 4.34. The van der Waals surface area contributed by atoms with Crippen molar-refractivity contribution >= 4 is 6.02 Å². The number of ether oxygens (including phenoxy) is 1. The van der Waals surface area contributed by atoms with E-state index in [9.17, 15) is 0 Å². The van der Waals surface area contributed by atoms with Gasteiger partial charge in [0.15, 0.2) is 0 Å². The molecule has 0 saturated heterocycles. The number of hydrogen-bond donors (Lipinski definition) is 1. The standard InChI is InChI=1S/C14H20N2O/c1-2-13-12(16-14(15)17-13)10-6-9-11-7-4-3-5-8-11/h3-5,7-8,12-13H,2,6,9-10H2,1H3,(H2,15,16)/t12-,13+/m0/s1. The van der Waals surface area contributed by atoms with E-state index in [-0.39, 0.29) is 12.1 Å². The van der Waals surface area contributed by atoms with E-state index >= 15 is 0 Å². The molecule has 92 valence electrons. The molecular formula is C14H20N2O. The number of rotatable bonds is 5. The van der Waals surface area contributed by atoms with Gasteiger partial charge in [-0.1, -0.05) is 37.3 Å². The van der Waals surface area contributed by atoms with E-state index in [1.165, 1.54) is 5.56 Å². The third-order valence-corrected chi connectivity index (χ3v) is 3.20. The van der Waals surface area contributed by atoms with E-state index in [0.717, 1.165) is 25.7 Å². The fourth-order valence-corrected chi connectivity index (χ4v) is 2.28. The minimum atomic E-state index is 0.186. The van der Waals surface area contributed by atoms with Crippen LogP contribution in [0, 0.1) is 0 Å². The highest BCUT2D eigenvalue weighted by Gasteiger charge is 2.27. The smallest absolute Gasteiger partial charge is 0.282 e. The van der Waals surface area contributed by atoms with Crippen molar-refractivity contribution in [3.63, 3.8) is 0 Å². The van der Waals surface area contributed by atoms with Crippen LogP contribution < -0.4 is 5.73 Å². The number of nitrogens with two attached hydrogens (primary N) is 1. The number of amidine groups is 1. The van der Waals surface area contributed by atoms with Crippen molar-refractivity contribution in [3.05, 3.63) is 35.9 Å². The molecule has 0 spiro atoms. The van der Waals surface area contributed by atoms with Crippen molar-refractivity contribution in [2.24, 2.45) is 10.7 Å². The van der Waals surface area contributed by atoms with Crippen molar-refractivity contribution in [1.82, 2.24) is 0 Å². The molecule has 1 aliphatic heterocycles. The lowest BCUT2D eigenvalue weighted by Gasteiger charge is -2.14. The molecule has 0 aromatic heterocycles. The zero-order valence-electron chi connectivity index (χ0n) is 10.3. The molecule has 0 bridgehead atoms. The van der Waals surface area contributed by atoms with Crippen molar-refractivity contribution in [2.75, 3.05) is 0 Å².